The van der Waals surface area contributed by atoms with Gasteiger partial charge in [0.05, 0.1) is 0 Å². The van der Waals surface area contributed by atoms with E-state index in [9.17, 15) is 5.21 Å². The number of nitrogens with zero attached hydrogens (tertiary/aromatic N) is 1. The molecule has 5 heteroatoms. The van der Waals surface area contributed by atoms with Crippen molar-refractivity contribution in [1.29, 1.82) is 0 Å². The summed E-state index contributed by atoms with van der Waals surface area (Å²) in [6.07, 6.45) is 2.74. The SMILES string of the molecule is NC(=S)c1ccc(Oc2ccc[n+]([O-])c2)cc1. The van der Waals surface area contributed by atoms with Crippen LogP contribution in [-0.2, 0) is 0 Å². The Balaban J connectivity index is 2.16. The predicted octanol–water partition coefficient (Wildman–Crippen LogP) is 1.75. The summed E-state index contributed by atoms with van der Waals surface area (Å²) in [7, 11) is 0. The number of hydrogen-bond donors (Lipinski definition) is 1. The van der Waals surface area contributed by atoms with Crippen molar-refractivity contribution in [2.45, 2.75) is 0 Å². The second kappa shape index (κ2) is 4.80. The molecule has 0 saturated heterocycles. The van der Waals surface area contributed by atoms with Gasteiger partial charge in [-0.05, 0) is 30.3 Å². The molecular formula is C12H10N2O2S. The van der Waals surface area contributed by atoms with Gasteiger partial charge in [-0.1, -0.05) is 12.2 Å². The monoisotopic (exact) mass is 246 g/mol. The molecule has 1 aromatic carbocycles. The molecule has 0 bridgehead atoms. The van der Waals surface area contributed by atoms with E-state index >= 15 is 0 Å². The zero-order chi connectivity index (χ0) is 12.3. The number of thiocarbonyl (C=S) groups is 1. The summed E-state index contributed by atoms with van der Waals surface area (Å²) >= 11 is 4.84. The molecule has 0 aliphatic carbocycles. The third kappa shape index (κ3) is 2.92. The van der Waals surface area contributed by atoms with Gasteiger partial charge >= 0.3 is 0 Å². The number of aromatic nitrogens is 1. The molecule has 86 valence electrons. The Bertz CT molecular complexity index is 540. The lowest BCUT2D eigenvalue weighted by atomic mass is 10.2. The predicted molar refractivity (Wildman–Crippen MR) is 67.8 cm³/mol. The lowest BCUT2D eigenvalue weighted by molar-refractivity contribution is -0.605. The van der Waals surface area contributed by atoms with Gasteiger partial charge in [-0.2, -0.15) is 4.73 Å². The van der Waals surface area contributed by atoms with E-state index in [-0.39, 0.29) is 0 Å². The topological polar surface area (TPSA) is 62.2 Å². The van der Waals surface area contributed by atoms with Crippen molar-refractivity contribution in [3.63, 3.8) is 0 Å². The van der Waals surface area contributed by atoms with E-state index < -0.39 is 0 Å². The Labute approximate surface area is 104 Å². The van der Waals surface area contributed by atoms with Gasteiger partial charge in [0.15, 0.2) is 11.9 Å². The van der Waals surface area contributed by atoms with Crippen LogP contribution in [0.3, 0.4) is 0 Å². The van der Waals surface area contributed by atoms with Crippen molar-refractivity contribution in [3.05, 3.63) is 59.6 Å². The minimum atomic E-state index is 0.341. The second-order valence-corrected chi connectivity index (χ2v) is 3.83. The van der Waals surface area contributed by atoms with Crippen molar-refractivity contribution >= 4 is 17.2 Å². The lowest BCUT2D eigenvalue weighted by Gasteiger charge is -2.05. The van der Waals surface area contributed by atoms with E-state index in [1.54, 1.807) is 36.4 Å². The average molecular weight is 246 g/mol. The molecule has 0 aliphatic rings. The number of pyridine rings is 1. The van der Waals surface area contributed by atoms with Crippen LogP contribution in [0.4, 0.5) is 0 Å². The fourth-order valence-electron chi connectivity index (χ4n) is 1.32. The first-order chi connectivity index (χ1) is 8.15. The minimum Gasteiger partial charge on any atom is -0.619 e. The Morgan fingerprint density at radius 3 is 2.47 bits per heavy atom. The molecule has 1 aromatic heterocycles. The van der Waals surface area contributed by atoms with Crippen LogP contribution >= 0.6 is 12.2 Å². The van der Waals surface area contributed by atoms with E-state index in [0.29, 0.717) is 21.2 Å². The molecule has 0 atom stereocenters. The highest BCUT2D eigenvalue weighted by Gasteiger charge is 2.01. The summed E-state index contributed by atoms with van der Waals surface area (Å²) in [4.78, 5) is 0.341. The van der Waals surface area contributed by atoms with Crippen LogP contribution in [-0.4, -0.2) is 4.99 Å². The highest BCUT2D eigenvalue weighted by atomic mass is 32.1. The average Bonchev–Trinajstić information content (AvgIpc) is 2.29. The molecule has 0 amide bonds. The van der Waals surface area contributed by atoms with Gasteiger partial charge in [-0.15, -0.1) is 0 Å². The molecule has 2 aromatic rings. The number of nitrogens with two attached hydrogens (primary N) is 1. The zero-order valence-corrected chi connectivity index (χ0v) is 9.68. The highest BCUT2D eigenvalue weighted by molar-refractivity contribution is 7.80. The van der Waals surface area contributed by atoms with Crippen molar-refractivity contribution in [2.24, 2.45) is 5.73 Å². The summed E-state index contributed by atoms with van der Waals surface area (Å²) in [5, 5.41) is 11.0. The normalized spacial score (nSPS) is 9.88. The van der Waals surface area contributed by atoms with Crippen LogP contribution in [0, 0.1) is 5.21 Å². The molecule has 1 heterocycles. The highest BCUT2D eigenvalue weighted by Crippen LogP contribution is 2.19. The molecule has 0 saturated carbocycles. The molecule has 0 radical (unpaired) electrons. The fraction of sp³-hybridized carbons (Fsp3) is 0. The summed E-state index contributed by atoms with van der Waals surface area (Å²) in [6, 6.07) is 10.4. The van der Waals surface area contributed by atoms with Crippen molar-refractivity contribution < 1.29 is 9.47 Å². The molecule has 0 fully saturated rings. The largest absolute Gasteiger partial charge is 0.619 e. The minimum absolute atomic E-state index is 0.341. The first-order valence-corrected chi connectivity index (χ1v) is 5.32. The van der Waals surface area contributed by atoms with E-state index in [2.05, 4.69) is 0 Å². The lowest BCUT2D eigenvalue weighted by Crippen LogP contribution is -2.23. The number of benzene rings is 1. The number of ether oxygens (including phenoxy) is 1. The molecule has 2 N–H and O–H groups in total. The summed E-state index contributed by atoms with van der Waals surface area (Å²) in [5.74, 6) is 1.10. The second-order valence-electron chi connectivity index (χ2n) is 3.39. The molecule has 0 spiro atoms. The van der Waals surface area contributed by atoms with E-state index in [1.807, 2.05) is 0 Å². The van der Waals surface area contributed by atoms with E-state index in [1.165, 1.54) is 12.4 Å². The summed E-state index contributed by atoms with van der Waals surface area (Å²) in [6.45, 7) is 0. The van der Waals surface area contributed by atoms with Crippen LogP contribution in [0.2, 0.25) is 0 Å². The van der Waals surface area contributed by atoms with Gasteiger partial charge in [0.1, 0.15) is 10.7 Å². The van der Waals surface area contributed by atoms with Gasteiger partial charge in [0.25, 0.3) is 0 Å². The Kier molecular flexibility index (Phi) is 3.20. The summed E-state index contributed by atoms with van der Waals surface area (Å²) < 4.78 is 6.17. The summed E-state index contributed by atoms with van der Waals surface area (Å²) in [5.41, 5.74) is 6.26. The van der Waals surface area contributed by atoms with E-state index in [4.69, 9.17) is 22.7 Å². The quantitative estimate of drug-likeness (QED) is 0.509. The zero-order valence-electron chi connectivity index (χ0n) is 8.87. The van der Waals surface area contributed by atoms with Crippen LogP contribution in [0.1, 0.15) is 5.56 Å². The Morgan fingerprint density at radius 1 is 1.18 bits per heavy atom. The van der Waals surface area contributed by atoms with Crippen molar-refractivity contribution in [3.8, 4) is 11.5 Å². The van der Waals surface area contributed by atoms with Gasteiger partial charge in [-0.25, -0.2) is 0 Å². The maximum absolute atomic E-state index is 11.0. The number of rotatable bonds is 3. The Hall–Kier alpha value is -2.14. The van der Waals surface area contributed by atoms with E-state index in [0.717, 1.165) is 5.56 Å². The Morgan fingerprint density at radius 2 is 1.88 bits per heavy atom. The van der Waals surface area contributed by atoms with Gasteiger partial charge in [-0.3, -0.25) is 0 Å². The molecular weight excluding hydrogens is 236 g/mol. The van der Waals surface area contributed by atoms with Crippen LogP contribution in [0.5, 0.6) is 11.5 Å². The first-order valence-electron chi connectivity index (χ1n) is 4.92. The van der Waals surface area contributed by atoms with Crippen LogP contribution in [0.15, 0.2) is 48.8 Å². The van der Waals surface area contributed by atoms with Crippen LogP contribution in [0.25, 0.3) is 0 Å². The smallest absolute Gasteiger partial charge is 0.223 e. The van der Waals surface area contributed by atoms with Gasteiger partial charge < -0.3 is 15.7 Å². The van der Waals surface area contributed by atoms with Crippen molar-refractivity contribution in [1.82, 2.24) is 0 Å². The molecule has 17 heavy (non-hydrogen) atoms. The molecule has 0 aliphatic heterocycles. The van der Waals surface area contributed by atoms with Gasteiger partial charge in [0, 0.05) is 11.6 Å². The standard InChI is InChI=1S/C12H10N2O2S/c13-12(17)9-3-5-10(6-4-9)16-11-2-1-7-14(15)8-11/h1-8H,(H2,13,17). The third-order valence-electron chi connectivity index (χ3n) is 2.12. The molecule has 2 rings (SSSR count). The number of hydrogen-bond acceptors (Lipinski definition) is 3. The molecule has 4 nitrogen and oxygen atoms in total. The third-order valence-corrected chi connectivity index (χ3v) is 2.36. The first kappa shape index (κ1) is 11.3. The van der Waals surface area contributed by atoms with Crippen LogP contribution < -0.4 is 15.2 Å². The fourth-order valence-corrected chi connectivity index (χ4v) is 1.45. The molecule has 0 unspecified atom stereocenters. The maximum atomic E-state index is 11.0. The van der Waals surface area contributed by atoms with Crippen molar-refractivity contribution in [2.75, 3.05) is 0 Å². The van der Waals surface area contributed by atoms with Gasteiger partial charge in [0.2, 0.25) is 6.20 Å². The maximum Gasteiger partial charge on any atom is 0.223 e.